The number of hydrogen-bond donors (Lipinski definition) is 0. The van der Waals surface area contributed by atoms with Crippen molar-refractivity contribution >= 4 is 5.78 Å². The first kappa shape index (κ1) is 8.56. The van der Waals surface area contributed by atoms with Crippen LogP contribution in [0.5, 0.6) is 0 Å². The van der Waals surface area contributed by atoms with Crippen LogP contribution in [0, 0.1) is 5.92 Å². The lowest BCUT2D eigenvalue weighted by Crippen LogP contribution is -2.28. The molecule has 0 aromatic heterocycles. The molecule has 0 spiro atoms. The van der Waals surface area contributed by atoms with Gasteiger partial charge in [0.15, 0.2) is 0 Å². The van der Waals surface area contributed by atoms with Gasteiger partial charge < -0.3 is 0 Å². The van der Waals surface area contributed by atoms with Crippen LogP contribution in [0.15, 0.2) is 0 Å². The predicted molar refractivity (Wildman–Crippen MR) is 33.0 cm³/mol. The molecule has 0 N–H and O–H groups in total. The normalized spacial score (nSPS) is 20.6. The Morgan fingerprint density at radius 1 is 1.18 bits per heavy atom. The fourth-order valence-electron chi connectivity index (χ4n) is 1.42. The fourth-order valence-corrected chi connectivity index (χ4v) is 1.42. The van der Waals surface area contributed by atoms with E-state index in [4.69, 9.17) is 0 Å². The number of rotatable bonds is 1. The Hall–Kier alpha value is -0.540. The maximum absolute atomic E-state index is 11.8. The summed E-state index contributed by atoms with van der Waals surface area (Å²) in [5.41, 5.74) is 0. The molecule has 0 aromatic rings. The first-order chi connectivity index (χ1) is 5.02. The van der Waals surface area contributed by atoms with Crippen molar-refractivity contribution < 1.29 is 18.0 Å². The molecule has 0 heterocycles. The first-order valence-corrected chi connectivity index (χ1v) is 3.63. The summed E-state index contributed by atoms with van der Waals surface area (Å²) in [6, 6.07) is 0. The zero-order valence-electron chi connectivity index (χ0n) is 5.95. The van der Waals surface area contributed by atoms with Crippen LogP contribution in [0.3, 0.4) is 0 Å². The van der Waals surface area contributed by atoms with Crippen LogP contribution in [-0.2, 0) is 4.79 Å². The molecular formula is C7H9F3O. The Labute approximate surface area is 62.6 Å². The van der Waals surface area contributed by atoms with E-state index in [1.165, 1.54) is 0 Å². The summed E-state index contributed by atoms with van der Waals surface area (Å²) in [5.74, 6) is -2.27. The van der Waals surface area contributed by atoms with Crippen molar-refractivity contribution in [3.63, 3.8) is 0 Å². The zero-order chi connectivity index (χ0) is 8.48. The highest BCUT2D eigenvalue weighted by Crippen LogP contribution is 2.31. The molecule has 1 aliphatic rings. The summed E-state index contributed by atoms with van der Waals surface area (Å²) in [6.07, 6.45) is -2.27. The SMILES string of the molecule is O=C(C1CCCC1)C(F)(F)F. The van der Waals surface area contributed by atoms with Crippen LogP contribution >= 0.6 is 0 Å². The molecule has 0 atom stereocenters. The van der Waals surface area contributed by atoms with Crippen molar-refractivity contribution in [2.24, 2.45) is 5.92 Å². The summed E-state index contributed by atoms with van der Waals surface area (Å²) in [7, 11) is 0. The summed E-state index contributed by atoms with van der Waals surface area (Å²) < 4.78 is 35.3. The fraction of sp³-hybridized carbons (Fsp3) is 0.857. The molecule has 1 saturated carbocycles. The monoisotopic (exact) mass is 166 g/mol. The zero-order valence-corrected chi connectivity index (χ0v) is 5.95. The summed E-state index contributed by atoms with van der Waals surface area (Å²) in [4.78, 5) is 10.5. The number of Topliss-reactive ketones (excluding diaryl/α,β-unsaturated/α-hetero) is 1. The van der Waals surface area contributed by atoms with E-state index in [9.17, 15) is 18.0 Å². The molecule has 0 radical (unpaired) electrons. The highest BCUT2D eigenvalue weighted by Gasteiger charge is 2.43. The van der Waals surface area contributed by atoms with Crippen LogP contribution < -0.4 is 0 Å². The molecule has 1 aliphatic carbocycles. The largest absolute Gasteiger partial charge is 0.450 e. The van der Waals surface area contributed by atoms with E-state index in [0.29, 0.717) is 12.8 Å². The average Bonchev–Trinajstić information content (AvgIpc) is 2.34. The van der Waals surface area contributed by atoms with Gasteiger partial charge in [0, 0.05) is 5.92 Å². The maximum Gasteiger partial charge on any atom is 0.450 e. The van der Waals surface area contributed by atoms with Gasteiger partial charge in [-0.1, -0.05) is 12.8 Å². The molecule has 11 heavy (non-hydrogen) atoms. The van der Waals surface area contributed by atoms with E-state index in [-0.39, 0.29) is 0 Å². The van der Waals surface area contributed by atoms with Crippen molar-refractivity contribution in [2.45, 2.75) is 31.9 Å². The van der Waals surface area contributed by atoms with Crippen molar-refractivity contribution in [3.05, 3.63) is 0 Å². The molecule has 0 unspecified atom stereocenters. The van der Waals surface area contributed by atoms with Gasteiger partial charge in [-0.3, -0.25) is 4.79 Å². The molecular weight excluding hydrogens is 157 g/mol. The van der Waals surface area contributed by atoms with Gasteiger partial charge in [-0.25, -0.2) is 0 Å². The second-order valence-corrected chi connectivity index (χ2v) is 2.84. The third-order valence-electron chi connectivity index (χ3n) is 2.01. The summed E-state index contributed by atoms with van der Waals surface area (Å²) in [5, 5.41) is 0. The molecule has 0 saturated heterocycles. The maximum atomic E-state index is 11.8. The molecule has 1 nitrogen and oxygen atoms in total. The van der Waals surface area contributed by atoms with Gasteiger partial charge in [0.2, 0.25) is 5.78 Å². The smallest absolute Gasteiger partial charge is 0.289 e. The van der Waals surface area contributed by atoms with Gasteiger partial charge in [-0.15, -0.1) is 0 Å². The van der Waals surface area contributed by atoms with E-state index in [2.05, 4.69) is 0 Å². The van der Waals surface area contributed by atoms with Gasteiger partial charge in [0.05, 0.1) is 0 Å². The van der Waals surface area contributed by atoms with Crippen LogP contribution in [0.2, 0.25) is 0 Å². The van der Waals surface area contributed by atoms with Gasteiger partial charge in [-0.05, 0) is 12.8 Å². The molecule has 4 heteroatoms. The number of carbonyl (C=O) groups excluding carboxylic acids is 1. The van der Waals surface area contributed by atoms with E-state index in [0.717, 1.165) is 12.8 Å². The van der Waals surface area contributed by atoms with Crippen molar-refractivity contribution in [3.8, 4) is 0 Å². The Morgan fingerprint density at radius 2 is 1.64 bits per heavy atom. The lowest BCUT2D eigenvalue weighted by atomic mass is 10.0. The van der Waals surface area contributed by atoms with Crippen LogP contribution in [0.25, 0.3) is 0 Å². The van der Waals surface area contributed by atoms with Crippen molar-refractivity contribution in [2.75, 3.05) is 0 Å². The van der Waals surface area contributed by atoms with Crippen LogP contribution in [0.4, 0.5) is 13.2 Å². The number of ketones is 1. The van der Waals surface area contributed by atoms with Gasteiger partial charge in [-0.2, -0.15) is 13.2 Å². The Balaban J connectivity index is 2.53. The molecule has 0 amide bonds. The number of hydrogen-bond acceptors (Lipinski definition) is 1. The minimum absolute atomic E-state index is 0.415. The average molecular weight is 166 g/mol. The number of carbonyl (C=O) groups is 1. The van der Waals surface area contributed by atoms with Crippen LogP contribution in [0.1, 0.15) is 25.7 Å². The van der Waals surface area contributed by atoms with E-state index in [1.54, 1.807) is 0 Å². The summed E-state index contributed by atoms with van der Waals surface area (Å²) in [6.45, 7) is 0. The lowest BCUT2D eigenvalue weighted by molar-refractivity contribution is -0.175. The highest BCUT2D eigenvalue weighted by molar-refractivity contribution is 5.86. The molecule has 1 fully saturated rings. The summed E-state index contributed by atoms with van der Waals surface area (Å²) >= 11 is 0. The van der Waals surface area contributed by atoms with Crippen molar-refractivity contribution in [1.82, 2.24) is 0 Å². The minimum Gasteiger partial charge on any atom is -0.289 e. The Kier molecular flexibility index (Phi) is 2.20. The molecule has 0 aliphatic heterocycles. The molecule has 64 valence electrons. The minimum atomic E-state index is -4.62. The highest BCUT2D eigenvalue weighted by atomic mass is 19.4. The first-order valence-electron chi connectivity index (χ1n) is 3.63. The molecule has 1 rings (SSSR count). The predicted octanol–water partition coefficient (Wildman–Crippen LogP) is 2.31. The van der Waals surface area contributed by atoms with E-state index < -0.39 is 17.9 Å². The second-order valence-electron chi connectivity index (χ2n) is 2.84. The quantitative estimate of drug-likeness (QED) is 0.584. The Bertz CT molecular complexity index is 156. The van der Waals surface area contributed by atoms with Gasteiger partial charge in [0.25, 0.3) is 0 Å². The van der Waals surface area contributed by atoms with E-state index >= 15 is 0 Å². The van der Waals surface area contributed by atoms with E-state index in [1.807, 2.05) is 0 Å². The van der Waals surface area contributed by atoms with Gasteiger partial charge >= 0.3 is 6.18 Å². The molecule has 0 bridgehead atoms. The second kappa shape index (κ2) is 2.83. The third-order valence-corrected chi connectivity index (χ3v) is 2.01. The number of halogens is 3. The number of alkyl halides is 3. The standard InChI is InChI=1S/C7H9F3O/c8-7(9,10)6(11)5-3-1-2-4-5/h5H,1-4H2. The lowest BCUT2D eigenvalue weighted by Gasteiger charge is -2.09. The topological polar surface area (TPSA) is 17.1 Å². The third kappa shape index (κ3) is 1.94. The van der Waals surface area contributed by atoms with Crippen molar-refractivity contribution in [1.29, 1.82) is 0 Å². The Morgan fingerprint density at radius 3 is 2.00 bits per heavy atom. The van der Waals surface area contributed by atoms with Gasteiger partial charge in [0.1, 0.15) is 0 Å². The molecule has 0 aromatic carbocycles. The van der Waals surface area contributed by atoms with Crippen LogP contribution in [-0.4, -0.2) is 12.0 Å².